The third-order valence-corrected chi connectivity index (χ3v) is 13.4. The van der Waals surface area contributed by atoms with Gasteiger partial charge in [0.15, 0.2) is 34.6 Å². The van der Waals surface area contributed by atoms with E-state index in [0.717, 1.165) is 83.0 Å². The van der Waals surface area contributed by atoms with E-state index >= 15 is 0 Å². The van der Waals surface area contributed by atoms with Crippen LogP contribution in [0, 0.1) is 11.6 Å². The number of carbonyl (C=O) groups excluding carboxylic acids is 3. The molecule has 4 saturated heterocycles. The highest BCUT2D eigenvalue weighted by Gasteiger charge is 2.32. The normalized spacial score (nSPS) is 18.8. The smallest absolute Gasteiger partial charge is 0.377 e. The van der Waals surface area contributed by atoms with Gasteiger partial charge in [0, 0.05) is 69.2 Å². The number of carbonyl (C=O) groups is 4. The molecule has 4 aromatic carbocycles. The lowest BCUT2D eigenvalue weighted by Gasteiger charge is -2.36. The Morgan fingerprint density at radius 2 is 1.00 bits per heavy atom. The number of aliphatic hydroxyl groups is 2. The molecular weight excluding hydrogens is 923 g/mol. The van der Waals surface area contributed by atoms with Gasteiger partial charge in [0.1, 0.15) is 32.5 Å². The van der Waals surface area contributed by atoms with Gasteiger partial charge >= 0.3 is 5.97 Å². The van der Waals surface area contributed by atoms with E-state index in [-0.39, 0.29) is 48.6 Å². The summed E-state index contributed by atoms with van der Waals surface area (Å²) >= 11 is 0. The standard InChI is InChI=1S/C26H30FN3O5.C14H19FN2O3.C12H13NO3.H2/c27-20-14-18(15-22-25(20)35-13-12-34-22)23(31)21(16-29-8-3-9-29)28-26(33)24(32)17-4-6-19(7-5-17)30-10-1-2-11-30;15-10-6-9(7-12-14(10)20-5-4-19-12)13(18)11(16)8-17-2-1-3-17;14-11(12(15)16)9-3-5-10(6-4-9)13-7-1-2-8-13;/h4-7,14-15,21,23,31H,1-3,8-13,16H2,(H,28,33);6-7,11,13,18H,1-5,8,16H2;3-6H,1-2,7-8H2,(H,15,16);1H/t21-,23-;11-,13-;;/m11../s1. The van der Waals surface area contributed by atoms with Crippen LogP contribution in [0.15, 0.2) is 72.8 Å². The zero-order chi connectivity index (χ0) is 50.0. The molecule has 0 saturated carbocycles. The molecule has 6 N–H and O–H groups in total. The summed E-state index contributed by atoms with van der Waals surface area (Å²) in [6.07, 6.45) is 4.72. The lowest BCUT2D eigenvalue weighted by atomic mass is 9.99. The predicted octanol–water partition coefficient (Wildman–Crippen LogP) is 4.77. The van der Waals surface area contributed by atoms with Crippen LogP contribution in [-0.4, -0.2) is 153 Å². The highest BCUT2D eigenvalue weighted by atomic mass is 19.1. The summed E-state index contributed by atoms with van der Waals surface area (Å²) in [6.45, 7) is 9.93. The molecule has 0 aromatic heterocycles. The first kappa shape index (κ1) is 51.0. The van der Waals surface area contributed by atoms with Crippen molar-refractivity contribution >= 4 is 34.8 Å². The average Bonchev–Trinajstić information content (AvgIpc) is 4.12. The molecule has 6 aliphatic heterocycles. The maximum absolute atomic E-state index is 14.6. The van der Waals surface area contributed by atoms with Gasteiger partial charge in [0.2, 0.25) is 5.78 Å². The van der Waals surface area contributed by atoms with E-state index < -0.39 is 59.4 Å². The van der Waals surface area contributed by atoms with E-state index in [1.54, 1.807) is 30.3 Å². The van der Waals surface area contributed by atoms with Crippen LogP contribution in [0.25, 0.3) is 0 Å². The lowest BCUT2D eigenvalue weighted by Crippen LogP contribution is -2.52. The van der Waals surface area contributed by atoms with Gasteiger partial charge in [-0.3, -0.25) is 14.4 Å². The van der Waals surface area contributed by atoms with Crippen molar-refractivity contribution in [1.82, 2.24) is 15.1 Å². The van der Waals surface area contributed by atoms with E-state index in [1.807, 2.05) is 24.3 Å². The summed E-state index contributed by atoms with van der Waals surface area (Å²) in [5.41, 5.74) is 9.29. The summed E-state index contributed by atoms with van der Waals surface area (Å²) < 4.78 is 49.9. The van der Waals surface area contributed by atoms with Crippen molar-refractivity contribution in [2.45, 2.75) is 62.8 Å². The molecule has 1 amide bonds. The molecule has 71 heavy (non-hydrogen) atoms. The fourth-order valence-electron chi connectivity index (χ4n) is 9.20. The molecule has 0 bridgehead atoms. The molecule has 0 aliphatic carbocycles. The number of aliphatic carboxylic acids is 1. The summed E-state index contributed by atoms with van der Waals surface area (Å²) in [6, 6.07) is 18.1. The summed E-state index contributed by atoms with van der Waals surface area (Å²) in [5, 5.41) is 32.6. The number of nitrogens with zero attached hydrogens (tertiary/aromatic N) is 4. The minimum Gasteiger partial charge on any atom is -0.486 e. The number of halogens is 2. The number of carboxylic acids is 1. The molecule has 4 fully saturated rings. The van der Waals surface area contributed by atoms with E-state index in [9.17, 15) is 38.2 Å². The fraction of sp³-hybridized carbons (Fsp3) is 0.462. The first-order chi connectivity index (χ1) is 34.3. The van der Waals surface area contributed by atoms with Gasteiger partial charge in [-0.1, -0.05) is 0 Å². The van der Waals surface area contributed by atoms with Crippen molar-refractivity contribution in [1.29, 1.82) is 0 Å². The van der Waals surface area contributed by atoms with E-state index in [2.05, 4.69) is 24.9 Å². The van der Waals surface area contributed by atoms with Gasteiger partial charge in [-0.05, 0) is 149 Å². The summed E-state index contributed by atoms with van der Waals surface area (Å²) in [5.74, 6) is -4.22. The molecular formula is C52H64F2N6O11. The maximum Gasteiger partial charge on any atom is 0.377 e. The van der Waals surface area contributed by atoms with Crippen LogP contribution in [0.1, 0.15) is 84.0 Å². The molecule has 0 spiro atoms. The van der Waals surface area contributed by atoms with Crippen molar-refractivity contribution in [3.8, 4) is 23.0 Å². The molecule has 4 aromatic rings. The second-order valence-corrected chi connectivity index (χ2v) is 18.4. The number of fused-ring (bicyclic) bond motifs is 2. The third kappa shape index (κ3) is 12.8. The number of amides is 1. The van der Waals surface area contributed by atoms with Crippen LogP contribution >= 0.6 is 0 Å². The number of anilines is 2. The zero-order valence-electron chi connectivity index (χ0n) is 39.6. The SMILES string of the molecule is N[C@H](CN1CCC1)[C@H](O)c1cc(F)c2c(c1)OCCO2.O=C(N[C@H](CN1CCC1)[C@H](O)c1cc(F)c2c(c1)OCCO2)C(=O)c1ccc(N2CCCC2)cc1.O=C(O)C(=O)c1ccc(N2CCCC2)cc1.[HH]. The van der Waals surface area contributed by atoms with Crippen LogP contribution in [0.2, 0.25) is 0 Å². The summed E-state index contributed by atoms with van der Waals surface area (Å²) in [7, 11) is 0. The Kier molecular flexibility index (Phi) is 17.0. The molecule has 10 rings (SSSR count). The van der Waals surface area contributed by atoms with Gasteiger partial charge < -0.3 is 64.9 Å². The van der Waals surface area contributed by atoms with Crippen LogP contribution in [-0.2, 0) is 9.59 Å². The molecule has 19 heteroatoms. The van der Waals surface area contributed by atoms with Gasteiger partial charge in [0.05, 0.1) is 12.1 Å². The number of rotatable bonds is 15. The molecule has 0 unspecified atom stereocenters. The van der Waals surface area contributed by atoms with Gasteiger partial charge in [-0.25, -0.2) is 13.6 Å². The second kappa shape index (κ2) is 23.7. The summed E-state index contributed by atoms with van der Waals surface area (Å²) in [4.78, 5) is 56.1. The van der Waals surface area contributed by atoms with Crippen molar-refractivity contribution in [3.63, 3.8) is 0 Å². The van der Waals surface area contributed by atoms with Gasteiger partial charge in [-0.2, -0.15) is 0 Å². The molecule has 0 radical (unpaired) electrons. The number of ether oxygens (including phenoxy) is 4. The van der Waals surface area contributed by atoms with E-state index in [1.165, 1.54) is 37.5 Å². The molecule has 382 valence electrons. The molecule has 6 heterocycles. The number of nitrogens with one attached hydrogen (secondary N) is 1. The zero-order valence-corrected chi connectivity index (χ0v) is 39.6. The number of hydrogen-bond donors (Lipinski definition) is 5. The van der Waals surface area contributed by atoms with Crippen LogP contribution < -0.4 is 39.8 Å². The first-order valence-corrected chi connectivity index (χ1v) is 24.4. The van der Waals surface area contributed by atoms with Crippen molar-refractivity contribution in [3.05, 3.63) is 107 Å². The Labute approximate surface area is 412 Å². The van der Waals surface area contributed by atoms with Gasteiger partial charge in [0.25, 0.3) is 11.7 Å². The highest BCUT2D eigenvalue weighted by molar-refractivity contribution is 6.43. The number of nitrogens with two attached hydrogens (primary N) is 1. The predicted molar refractivity (Wildman–Crippen MR) is 261 cm³/mol. The first-order valence-electron chi connectivity index (χ1n) is 24.4. The average molecular weight is 987 g/mol. The Bertz CT molecular complexity index is 2500. The molecule has 6 aliphatic rings. The van der Waals surface area contributed by atoms with E-state index in [0.29, 0.717) is 37.6 Å². The number of benzene rings is 4. The number of hydrogen-bond acceptors (Lipinski definition) is 15. The monoisotopic (exact) mass is 986 g/mol. The number of ketones is 2. The largest absolute Gasteiger partial charge is 0.486 e. The Balaban J connectivity index is 0.000000174. The lowest BCUT2D eigenvalue weighted by molar-refractivity contribution is -0.131. The van der Waals surface area contributed by atoms with Crippen molar-refractivity contribution < 1.29 is 63.7 Å². The minimum absolute atomic E-state index is 0. The second-order valence-electron chi connectivity index (χ2n) is 18.4. The quantitative estimate of drug-likeness (QED) is 0.0801. The van der Waals surface area contributed by atoms with E-state index in [4.69, 9.17) is 29.8 Å². The third-order valence-electron chi connectivity index (χ3n) is 13.4. The highest BCUT2D eigenvalue weighted by Crippen LogP contribution is 2.38. The Morgan fingerprint density at radius 3 is 1.44 bits per heavy atom. The number of likely N-dealkylation sites (tertiary alicyclic amines) is 2. The van der Waals surface area contributed by atoms with Crippen LogP contribution in [0.4, 0.5) is 20.2 Å². The van der Waals surface area contributed by atoms with Crippen molar-refractivity contribution in [2.24, 2.45) is 5.73 Å². The fourth-order valence-corrected chi connectivity index (χ4v) is 9.20. The maximum atomic E-state index is 14.6. The molecule has 4 atom stereocenters. The Hall–Kier alpha value is -6.38. The topological polar surface area (TPSA) is 217 Å². The number of aliphatic hydroxyl groups excluding tert-OH is 2. The number of Topliss-reactive ketones (excluding diaryl/α,β-unsaturated/α-hetero) is 2. The minimum atomic E-state index is -1.41. The molecule has 17 nitrogen and oxygen atoms in total. The Morgan fingerprint density at radius 1 is 0.577 bits per heavy atom. The van der Waals surface area contributed by atoms with Crippen molar-refractivity contribution in [2.75, 3.05) is 102 Å². The van der Waals surface area contributed by atoms with Gasteiger partial charge in [-0.15, -0.1) is 0 Å². The van der Waals surface area contributed by atoms with Crippen LogP contribution in [0.3, 0.4) is 0 Å². The number of carboxylic acid groups (broad SMARTS) is 1. The van der Waals surface area contributed by atoms with Crippen LogP contribution in [0.5, 0.6) is 23.0 Å².